The molecule has 0 spiro atoms. The van der Waals surface area contributed by atoms with Crippen molar-refractivity contribution < 1.29 is 65.3 Å². The number of aromatic nitrogens is 3. The Morgan fingerprint density at radius 1 is 0.923 bits per heavy atom. The number of nitrogens with zero attached hydrogens (tertiary/aromatic N) is 4. The first-order chi connectivity index (χ1) is 37.4. The molecule has 78 heavy (non-hydrogen) atoms. The maximum atomic E-state index is 14.0. The monoisotopic (exact) mass is 1100 g/mol. The highest BCUT2D eigenvalue weighted by molar-refractivity contribution is 7.84. The average molecular weight is 1100 g/mol. The Kier molecular flexibility index (Phi) is 19.4. The Labute approximate surface area is 453 Å². The maximum absolute atomic E-state index is 14.0. The molecule has 4 aliphatic rings. The number of Topliss-reactive ketones (excluding diaryl/α,β-unsaturated/α-hetero) is 1. The molecule has 3 aliphatic carbocycles. The summed E-state index contributed by atoms with van der Waals surface area (Å²) in [5.41, 5.74) is 11.2. The fraction of sp³-hybridized carbons (Fsp3) is 0.519. The van der Waals surface area contributed by atoms with Crippen LogP contribution in [0.25, 0.3) is 11.0 Å². The zero-order chi connectivity index (χ0) is 55.5. The summed E-state index contributed by atoms with van der Waals surface area (Å²) in [7, 11) is -4.19. The lowest BCUT2D eigenvalue weighted by molar-refractivity contribution is -0.668. The Balaban J connectivity index is 0.849. The van der Waals surface area contributed by atoms with Gasteiger partial charge in [-0.1, -0.05) is 55.2 Å². The number of rotatable bonds is 31. The second kappa shape index (κ2) is 26.3. The molecular formula is C54H71N10O13S+. The summed E-state index contributed by atoms with van der Waals surface area (Å²) >= 11 is 0. The third kappa shape index (κ3) is 15.1. The Hall–Kier alpha value is -6.67. The summed E-state index contributed by atoms with van der Waals surface area (Å²) < 4.78 is 48.8. The van der Waals surface area contributed by atoms with E-state index in [1.165, 1.54) is 16.0 Å². The fourth-order valence-electron chi connectivity index (χ4n) is 10.5. The lowest BCUT2D eigenvalue weighted by atomic mass is 9.89. The molecule has 6 atom stereocenters. The lowest BCUT2D eigenvalue weighted by Gasteiger charge is -2.24. The van der Waals surface area contributed by atoms with E-state index in [9.17, 15) is 42.3 Å². The van der Waals surface area contributed by atoms with Gasteiger partial charge in [-0.25, -0.2) is 14.5 Å². The van der Waals surface area contributed by atoms with Gasteiger partial charge in [-0.15, -0.1) is 0 Å². The number of piperidine rings is 1. The first kappa shape index (κ1) is 57.5. The molecular weight excluding hydrogens is 1030 g/mol. The molecule has 2 aromatic carbocycles. The van der Waals surface area contributed by atoms with Crippen LogP contribution in [0.5, 0.6) is 0 Å². The highest BCUT2D eigenvalue weighted by Gasteiger charge is 2.47. The van der Waals surface area contributed by atoms with Crippen LogP contribution in [0.4, 0.5) is 16.3 Å². The summed E-state index contributed by atoms with van der Waals surface area (Å²) in [5.74, 6) is -2.44. The van der Waals surface area contributed by atoms with Crippen LogP contribution in [0.1, 0.15) is 94.0 Å². The number of benzene rings is 2. The molecule has 0 radical (unpaired) electrons. The molecule has 0 saturated heterocycles. The number of aliphatic hydroxyl groups is 1. The van der Waals surface area contributed by atoms with Gasteiger partial charge >= 0.3 is 16.3 Å². The Bertz CT molecular complexity index is 2960. The van der Waals surface area contributed by atoms with Gasteiger partial charge in [0.25, 0.3) is 11.8 Å². The smallest absolute Gasteiger partial charge is 0.333 e. The van der Waals surface area contributed by atoms with Gasteiger partial charge in [-0.05, 0) is 72.9 Å². The van der Waals surface area contributed by atoms with Crippen molar-refractivity contribution in [1.29, 1.82) is 0 Å². The van der Waals surface area contributed by atoms with Crippen molar-refractivity contribution in [2.75, 3.05) is 70.0 Å². The van der Waals surface area contributed by atoms with Crippen LogP contribution in [-0.2, 0) is 65.6 Å². The quantitative estimate of drug-likeness (QED) is 0.0216. The molecule has 0 unspecified atom stereocenters. The molecule has 3 heterocycles. The highest BCUT2D eigenvalue weighted by atomic mass is 32.2. The molecule has 24 heteroatoms. The summed E-state index contributed by atoms with van der Waals surface area (Å²) in [4.78, 5) is 82.5. The minimum Gasteiger partial charge on any atom is -0.393 e. The molecule has 0 bridgehead atoms. The minimum absolute atomic E-state index is 0.0120. The SMILES string of the molecule is CC(C)[C@H](NC(=O)CCOCCOCCOCCN1C(=O)C2=C(C2)C1=O)C(=O)C[C@@H](CCCNC(N)=O)C(=O)Nc1ccc(C[n+]2cnc(N[C@@H]3CCc4ccccc43)c3ccn([C@H]4C[C@H](COS(N)(=O)=O)[C@H](O)C4)c32)cc1. The van der Waals surface area contributed by atoms with E-state index in [4.69, 9.17) is 34.3 Å². The average Bonchev–Trinajstić information content (AvgIpc) is 3.63. The zero-order valence-corrected chi connectivity index (χ0v) is 44.8. The van der Waals surface area contributed by atoms with Crippen LogP contribution in [0.2, 0.25) is 0 Å². The first-order valence-electron chi connectivity index (χ1n) is 26.6. The summed E-state index contributed by atoms with van der Waals surface area (Å²) in [6, 6.07) is 15.9. The largest absolute Gasteiger partial charge is 0.393 e. The molecule has 1 aliphatic heterocycles. The van der Waals surface area contributed by atoms with Gasteiger partial charge in [0.1, 0.15) is 5.39 Å². The fourth-order valence-corrected chi connectivity index (χ4v) is 10.9. The van der Waals surface area contributed by atoms with Crippen LogP contribution in [-0.4, -0.2) is 135 Å². The number of aryl methyl sites for hydroxylation is 1. The standard InChI is InChI=1S/C54H70N10O13S/c1-33(2)48(61-47(67)16-20-74-22-24-76-25-23-75-21-19-64-52(69)42-29-43(42)53(64)70)46(66)27-36(7-5-17-57-54(55)71)50(68)59-38-12-9-34(10-13-38)30-62-32-58-49(60-44-14-11-35-6-3-4-8-40(35)44)41-15-18-63(51(41)62)39-26-37(45(65)28-39)31-77-78(56,72)73/h3-4,6,8-10,12-13,15,18,32-33,36-37,39,44-45,48,65H,5,7,11,14,16-17,19-31H2,1-2H3,(H7,55,56,57,59,61,67,68,71,72,73)/p+1/t36-,37-,39+,44-,45-,48+/m1/s1. The van der Waals surface area contributed by atoms with E-state index in [0.717, 1.165) is 29.4 Å². The van der Waals surface area contributed by atoms with E-state index < -0.39 is 52.1 Å². The van der Waals surface area contributed by atoms with E-state index in [0.29, 0.717) is 54.9 Å². The van der Waals surface area contributed by atoms with Crippen LogP contribution in [0, 0.1) is 17.8 Å². The van der Waals surface area contributed by atoms with Gasteiger partial charge in [0, 0.05) is 60.9 Å². The van der Waals surface area contributed by atoms with Crippen LogP contribution < -0.4 is 36.7 Å². The first-order valence-corrected chi connectivity index (χ1v) is 28.1. The van der Waals surface area contributed by atoms with E-state index in [1.807, 2.05) is 54.9 Å². The molecule has 4 aromatic rings. The molecule has 23 nitrogen and oxygen atoms in total. The van der Waals surface area contributed by atoms with Crippen LogP contribution in [0.3, 0.4) is 0 Å². The molecule has 6 amide bonds. The summed E-state index contributed by atoms with van der Waals surface area (Å²) in [6.45, 7) is 5.46. The van der Waals surface area contributed by atoms with E-state index in [1.54, 1.807) is 18.5 Å². The van der Waals surface area contributed by atoms with Crippen molar-refractivity contribution in [3.63, 3.8) is 0 Å². The number of ketones is 1. The van der Waals surface area contributed by atoms with Gasteiger partial charge in [-0.3, -0.25) is 37.6 Å². The number of carbonyl (C=O) groups is 6. The number of likely N-dealkylation sites (tertiary alicyclic amines) is 1. The Morgan fingerprint density at radius 3 is 2.33 bits per heavy atom. The molecule has 1 fully saturated rings. The molecule has 420 valence electrons. The summed E-state index contributed by atoms with van der Waals surface area (Å²) in [6.07, 6.45) is 6.50. The van der Waals surface area contributed by atoms with Crippen molar-refractivity contribution in [2.45, 2.75) is 102 Å². The number of aliphatic hydroxyl groups excluding tert-OH is 1. The van der Waals surface area contributed by atoms with Gasteiger partial charge in [0.15, 0.2) is 5.78 Å². The van der Waals surface area contributed by atoms with Crippen molar-refractivity contribution >= 4 is 68.3 Å². The van der Waals surface area contributed by atoms with Crippen molar-refractivity contribution in [3.8, 4) is 0 Å². The third-order valence-electron chi connectivity index (χ3n) is 14.7. The molecule has 2 aromatic heterocycles. The van der Waals surface area contributed by atoms with E-state index >= 15 is 0 Å². The number of ether oxygens (including phenoxy) is 3. The van der Waals surface area contributed by atoms with Gasteiger partial charge in [-0.2, -0.15) is 8.42 Å². The molecule has 1 saturated carbocycles. The number of amides is 6. The Morgan fingerprint density at radius 2 is 1.63 bits per heavy atom. The maximum Gasteiger partial charge on any atom is 0.333 e. The van der Waals surface area contributed by atoms with Crippen LogP contribution in [0.15, 0.2) is 78.3 Å². The number of carbonyl (C=O) groups excluding carboxylic acids is 6. The highest BCUT2D eigenvalue weighted by Crippen LogP contribution is 2.41. The second-order valence-electron chi connectivity index (χ2n) is 20.6. The van der Waals surface area contributed by atoms with Crippen molar-refractivity contribution in [1.82, 2.24) is 25.1 Å². The number of urea groups is 1. The summed E-state index contributed by atoms with van der Waals surface area (Å²) in [5, 5.41) is 29.0. The van der Waals surface area contributed by atoms with Gasteiger partial charge < -0.3 is 46.3 Å². The number of hydrogen-bond acceptors (Lipinski definition) is 15. The topological polar surface area (TPSA) is 319 Å². The van der Waals surface area contributed by atoms with Gasteiger partial charge in [0.05, 0.1) is 89.8 Å². The van der Waals surface area contributed by atoms with Crippen molar-refractivity contribution in [3.05, 3.63) is 95.0 Å². The molecule has 9 N–H and O–H groups in total. The van der Waals surface area contributed by atoms with Crippen LogP contribution >= 0.6 is 0 Å². The number of anilines is 2. The number of nitrogens with one attached hydrogen (secondary N) is 4. The third-order valence-corrected chi connectivity index (χ3v) is 15.1. The van der Waals surface area contributed by atoms with E-state index in [-0.39, 0.29) is 114 Å². The van der Waals surface area contributed by atoms with Crippen molar-refractivity contribution in [2.24, 2.45) is 28.6 Å². The predicted octanol–water partition coefficient (Wildman–Crippen LogP) is 2.62. The minimum atomic E-state index is -4.19. The number of fused-ring (bicyclic) bond motifs is 2. The van der Waals surface area contributed by atoms with E-state index in [2.05, 4.69) is 38.0 Å². The lowest BCUT2D eigenvalue weighted by Crippen LogP contribution is -2.45. The normalized spacial score (nSPS) is 19.5. The number of primary amides is 1. The number of nitrogens with two attached hydrogens (primary N) is 2. The number of imide groups is 1. The predicted molar refractivity (Wildman–Crippen MR) is 284 cm³/mol. The molecule has 8 rings (SSSR count). The second-order valence-corrected chi connectivity index (χ2v) is 21.8. The van der Waals surface area contributed by atoms with Gasteiger partial charge in [0.2, 0.25) is 29.6 Å². The number of hydrogen-bond donors (Lipinski definition) is 7. The zero-order valence-electron chi connectivity index (χ0n) is 44.0.